The van der Waals surface area contributed by atoms with E-state index in [1.54, 1.807) is 12.0 Å². The Kier molecular flexibility index (Phi) is 2.15. The number of carbonyl (C=O) groups excluding carboxylic acids is 1. The molecule has 2 rings (SSSR count). The van der Waals surface area contributed by atoms with Crippen molar-refractivity contribution in [2.75, 3.05) is 14.2 Å². The summed E-state index contributed by atoms with van der Waals surface area (Å²) in [7, 11) is 3.48. The van der Waals surface area contributed by atoms with Crippen LogP contribution in [0.4, 0.5) is 0 Å². The number of ether oxygens (including phenoxy) is 1. The highest BCUT2D eigenvalue weighted by molar-refractivity contribution is 5.83. The Labute approximate surface area is 83.3 Å². The van der Waals surface area contributed by atoms with Crippen molar-refractivity contribution < 1.29 is 9.53 Å². The second kappa shape index (κ2) is 3.33. The first-order valence-electron chi connectivity index (χ1n) is 4.62. The van der Waals surface area contributed by atoms with Gasteiger partial charge in [0.15, 0.2) is 0 Å². The first kappa shape index (κ1) is 9.06. The Hall–Kier alpha value is -1.51. The Morgan fingerprint density at radius 1 is 1.36 bits per heavy atom. The lowest BCUT2D eigenvalue weighted by atomic mass is 9.95. The van der Waals surface area contributed by atoms with E-state index in [0.717, 1.165) is 5.75 Å². The lowest BCUT2D eigenvalue weighted by Gasteiger charge is -2.37. The van der Waals surface area contributed by atoms with Gasteiger partial charge in [-0.2, -0.15) is 0 Å². The minimum Gasteiger partial charge on any atom is -0.497 e. The third-order valence-corrected chi connectivity index (χ3v) is 2.73. The van der Waals surface area contributed by atoms with Gasteiger partial charge < -0.3 is 9.64 Å². The van der Waals surface area contributed by atoms with E-state index >= 15 is 0 Å². The molecule has 14 heavy (non-hydrogen) atoms. The fourth-order valence-corrected chi connectivity index (χ4v) is 1.68. The molecule has 0 aliphatic carbocycles. The summed E-state index contributed by atoms with van der Waals surface area (Å²) in [5.41, 5.74) is 1.17. The fourth-order valence-electron chi connectivity index (χ4n) is 1.68. The second-order valence-electron chi connectivity index (χ2n) is 3.50. The molecule has 1 unspecified atom stereocenters. The van der Waals surface area contributed by atoms with Crippen molar-refractivity contribution >= 4 is 5.91 Å². The van der Waals surface area contributed by atoms with Crippen molar-refractivity contribution in [2.45, 2.75) is 12.5 Å². The van der Waals surface area contributed by atoms with Crippen LogP contribution in [0.2, 0.25) is 0 Å². The van der Waals surface area contributed by atoms with Crippen molar-refractivity contribution in [1.29, 1.82) is 0 Å². The molecule has 0 N–H and O–H groups in total. The van der Waals surface area contributed by atoms with Gasteiger partial charge in [0.25, 0.3) is 0 Å². The molecular formula is C11H13NO2. The molecule has 1 atom stereocenters. The average molecular weight is 191 g/mol. The number of hydrogen-bond acceptors (Lipinski definition) is 2. The average Bonchev–Trinajstić information content (AvgIpc) is 2.25. The van der Waals surface area contributed by atoms with Crippen LogP contribution in [0.15, 0.2) is 24.3 Å². The summed E-state index contributed by atoms with van der Waals surface area (Å²) in [6, 6.07) is 8.12. The van der Waals surface area contributed by atoms with Crippen molar-refractivity contribution in [3.8, 4) is 5.75 Å². The molecule has 74 valence electrons. The molecular weight excluding hydrogens is 178 g/mol. The minimum atomic E-state index is 0.214. The molecule has 1 heterocycles. The Bertz CT molecular complexity index is 345. The number of carbonyl (C=O) groups is 1. The third-order valence-electron chi connectivity index (χ3n) is 2.73. The normalized spacial score (nSPS) is 20.6. The van der Waals surface area contributed by atoms with Crippen LogP contribution in [0.3, 0.4) is 0 Å². The predicted molar refractivity (Wildman–Crippen MR) is 53.1 cm³/mol. The van der Waals surface area contributed by atoms with Crippen molar-refractivity contribution in [1.82, 2.24) is 4.90 Å². The smallest absolute Gasteiger partial charge is 0.225 e. The lowest BCUT2D eigenvalue weighted by molar-refractivity contribution is -0.143. The summed E-state index contributed by atoms with van der Waals surface area (Å²) in [4.78, 5) is 12.8. The van der Waals surface area contributed by atoms with Gasteiger partial charge in [0.1, 0.15) is 5.75 Å². The summed E-state index contributed by atoms with van der Waals surface area (Å²) >= 11 is 0. The largest absolute Gasteiger partial charge is 0.497 e. The van der Waals surface area contributed by atoms with Gasteiger partial charge in [-0.25, -0.2) is 0 Å². The zero-order valence-electron chi connectivity index (χ0n) is 8.36. The third kappa shape index (κ3) is 1.35. The van der Waals surface area contributed by atoms with Crippen LogP contribution in [-0.2, 0) is 4.79 Å². The molecule has 1 amide bonds. The van der Waals surface area contributed by atoms with E-state index in [0.29, 0.717) is 6.42 Å². The molecule has 0 bridgehead atoms. The quantitative estimate of drug-likeness (QED) is 0.664. The van der Waals surface area contributed by atoms with Crippen LogP contribution in [0.25, 0.3) is 0 Å². The highest BCUT2D eigenvalue weighted by Crippen LogP contribution is 2.33. The topological polar surface area (TPSA) is 29.5 Å². The summed E-state index contributed by atoms with van der Waals surface area (Å²) in [5.74, 6) is 1.06. The van der Waals surface area contributed by atoms with E-state index in [1.165, 1.54) is 5.56 Å². The molecule has 1 saturated heterocycles. The molecule has 3 heteroatoms. The fraction of sp³-hybridized carbons (Fsp3) is 0.364. The maximum Gasteiger partial charge on any atom is 0.225 e. The van der Waals surface area contributed by atoms with Crippen molar-refractivity contribution in [2.24, 2.45) is 0 Å². The molecule has 1 aliphatic rings. The molecule has 1 aliphatic heterocycles. The maximum atomic E-state index is 11.0. The predicted octanol–water partition coefficient (Wildman–Crippen LogP) is 1.60. The number of β-lactam (4-membered cyclic amide) rings is 1. The molecule has 3 nitrogen and oxygen atoms in total. The van der Waals surface area contributed by atoms with Gasteiger partial charge in [-0.15, -0.1) is 0 Å². The van der Waals surface area contributed by atoms with Gasteiger partial charge in [0, 0.05) is 7.05 Å². The highest BCUT2D eigenvalue weighted by atomic mass is 16.5. The van der Waals surface area contributed by atoms with Crippen LogP contribution in [-0.4, -0.2) is 25.0 Å². The van der Waals surface area contributed by atoms with Crippen LogP contribution in [0, 0.1) is 0 Å². The minimum absolute atomic E-state index is 0.214. The standard InChI is InChI=1S/C11H13NO2/c1-12-10(7-11(12)13)8-3-5-9(14-2)6-4-8/h3-6,10H,7H2,1-2H3. The summed E-state index contributed by atoms with van der Waals surface area (Å²) in [6.07, 6.45) is 0.628. The first-order valence-corrected chi connectivity index (χ1v) is 4.62. The number of nitrogens with zero attached hydrogens (tertiary/aromatic N) is 1. The number of rotatable bonds is 2. The number of benzene rings is 1. The monoisotopic (exact) mass is 191 g/mol. The number of likely N-dealkylation sites (tertiary alicyclic amines) is 1. The molecule has 0 radical (unpaired) electrons. The van der Waals surface area contributed by atoms with Gasteiger partial charge >= 0.3 is 0 Å². The van der Waals surface area contributed by atoms with E-state index in [1.807, 2.05) is 31.3 Å². The van der Waals surface area contributed by atoms with E-state index in [-0.39, 0.29) is 11.9 Å². The summed E-state index contributed by atoms with van der Waals surface area (Å²) in [6.45, 7) is 0. The van der Waals surface area contributed by atoms with Crippen molar-refractivity contribution in [3.63, 3.8) is 0 Å². The summed E-state index contributed by atoms with van der Waals surface area (Å²) in [5, 5.41) is 0. The van der Waals surface area contributed by atoms with E-state index in [9.17, 15) is 4.79 Å². The number of methoxy groups -OCH3 is 1. The lowest BCUT2D eigenvalue weighted by Crippen LogP contribution is -2.43. The Morgan fingerprint density at radius 2 is 2.00 bits per heavy atom. The van der Waals surface area contributed by atoms with Gasteiger partial charge in [0.2, 0.25) is 5.91 Å². The van der Waals surface area contributed by atoms with E-state index in [2.05, 4.69) is 0 Å². The molecule has 1 fully saturated rings. The van der Waals surface area contributed by atoms with Crippen LogP contribution in [0.5, 0.6) is 5.75 Å². The molecule has 0 spiro atoms. The summed E-state index contributed by atoms with van der Waals surface area (Å²) < 4.78 is 5.07. The van der Waals surface area contributed by atoms with Crippen LogP contribution in [0.1, 0.15) is 18.0 Å². The zero-order valence-corrected chi connectivity index (χ0v) is 8.36. The number of amides is 1. The Balaban J connectivity index is 2.14. The Morgan fingerprint density at radius 3 is 2.43 bits per heavy atom. The van der Waals surface area contributed by atoms with Gasteiger partial charge in [0.05, 0.1) is 19.6 Å². The molecule has 0 saturated carbocycles. The van der Waals surface area contributed by atoms with Gasteiger partial charge in [-0.05, 0) is 17.7 Å². The van der Waals surface area contributed by atoms with Crippen molar-refractivity contribution in [3.05, 3.63) is 29.8 Å². The zero-order chi connectivity index (χ0) is 10.1. The van der Waals surface area contributed by atoms with Gasteiger partial charge in [-0.1, -0.05) is 12.1 Å². The molecule has 1 aromatic rings. The SMILES string of the molecule is COc1ccc(C2CC(=O)N2C)cc1. The molecule has 1 aromatic carbocycles. The maximum absolute atomic E-state index is 11.0. The molecule has 0 aromatic heterocycles. The van der Waals surface area contributed by atoms with Crippen LogP contribution >= 0.6 is 0 Å². The number of hydrogen-bond donors (Lipinski definition) is 0. The second-order valence-corrected chi connectivity index (χ2v) is 3.50. The first-order chi connectivity index (χ1) is 6.72. The van der Waals surface area contributed by atoms with E-state index in [4.69, 9.17) is 4.74 Å². The van der Waals surface area contributed by atoms with Gasteiger partial charge in [-0.3, -0.25) is 4.79 Å². The van der Waals surface area contributed by atoms with E-state index < -0.39 is 0 Å². The highest BCUT2D eigenvalue weighted by Gasteiger charge is 2.33. The van der Waals surface area contributed by atoms with Crippen LogP contribution < -0.4 is 4.74 Å².